The Labute approximate surface area is 508 Å². The van der Waals surface area contributed by atoms with E-state index in [0.717, 1.165) is 115 Å². The highest BCUT2D eigenvalue weighted by atomic mass is 32.2. The SMILES string of the molecule is NS(=O)(=O)c1ccc(CNC(=O)c2ccc3c(c2)CCC2(CCNC2=O)C3)cc1.O=C(NCc1cc(C(F)(F)F)cc(C(F)(F)F)c1)c1ccc2c(c1)CCC1(CCNC1=O)C2.O=C(Nc1ccc2[nH]ccc2c1)c1ccc2c(c1)CCC1(CCNC1=O)C2. The first-order valence-corrected chi connectivity index (χ1v) is 30.9. The van der Waals surface area contributed by atoms with Crippen molar-refractivity contribution in [1.82, 2.24) is 31.6 Å². The zero-order chi connectivity index (χ0) is 63.1. The quantitative estimate of drug-likeness (QED) is 0.0645. The predicted octanol–water partition coefficient (Wildman–Crippen LogP) is 9.32. The lowest BCUT2D eigenvalue weighted by Crippen LogP contribution is -2.36. The second-order valence-corrected chi connectivity index (χ2v) is 25.6. The van der Waals surface area contributed by atoms with Crippen LogP contribution < -0.4 is 37.0 Å². The first-order chi connectivity index (χ1) is 42.3. The minimum absolute atomic E-state index is 0.0364. The molecular formula is C66H64F6N8O8S. The summed E-state index contributed by atoms with van der Waals surface area (Å²) in [7, 11) is -3.73. The molecule has 4 heterocycles. The smallest absolute Gasteiger partial charge is 0.361 e. The zero-order valence-electron chi connectivity index (χ0n) is 48.2. The Morgan fingerprint density at radius 2 is 0.910 bits per heavy atom. The predicted molar refractivity (Wildman–Crippen MR) is 318 cm³/mol. The fourth-order valence-corrected chi connectivity index (χ4v) is 13.7. The van der Waals surface area contributed by atoms with Crippen LogP contribution in [0, 0.1) is 16.2 Å². The van der Waals surface area contributed by atoms with Crippen LogP contribution >= 0.6 is 0 Å². The summed E-state index contributed by atoms with van der Waals surface area (Å²) in [6.07, 6.45) is 1.17. The highest BCUT2D eigenvalue weighted by Crippen LogP contribution is 2.44. The molecule has 3 unspecified atom stereocenters. The lowest BCUT2D eigenvalue weighted by Gasteiger charge is -2.32. The van der Waals surface area contributed by atoms with Gasteiger partial charge in [0.05, 0.1) is 32.3 Å². The number of alkyl halides is 6. The fraction of sp³-hybridized carbons (Fsp3) is 0.333. The molecule has 16 nitrogen and oxygen atoms in total. The van der Waals surface area contributed by atoms with Crippen LogP contribution in [-0.2, 0) is 88.4 Å². The van der Waals surface area contributed by atoms with Crippen LogP contribution in [0.5, 0.6) is 0 Å². The van der Waals surface area contributed by atoms with Crippen molar-refractivity contribution in [2.24, 2.45) is 21.4 Å². The van der Waals surface area contributed by atoms with Gasteiger partial charge >= 0.3 is 12.4 Å². The number of sulfonamides is 1. The number of H-pyrrole nitrogens is 1. The number of rotatable bonds is 9. The molecule has 3 saturated heterocycles. The van der Waals surface area contributed by atoms with Crippen molar-refractivity contribution in [1.29, 1.82) is 0 Å². The third kappa shape index (κ3) is 13.5. The molecule has 6 aliphatic rings. The number of carbonyl (C=O) groups is 6. The maximum absolute atomic E-state index is 13.0. The van der Waals surface area contributed by atoms with Gasteiger partial charge in [-0.05, 0) is 213 Å². The number of benzene rings is 6. The standard InChI is InChI=1S/C23H20F6N2O2.C22H21N3O2.C21H23N3O4S/c24-22(25,26)17-7-13(8-18(10-17)23(27,28)29)12-31-19(32)15-1-2-16-11-21(4-3-14(16)9-15)5-6-30-20(21)33;26-20(25-18-3-4-19-15(12-18)6-9-23-19)16-1-2-17-13-22(7-5-14(17)11-16)8-10-24-21(22)27;22-29(27,28)18-5-1-14(2-6-18)13-24-19(25)16-3-4-17-12-21(8-7-15(17)11-16)9-10-23-20(21)26/h1-2,7-10H,3-6,11-12H2,(H,30,33)(H,31,32);1-4,6,9,11-12,23H,5,7-8,10,13H2,(H,24,27)(H,25,26);1-6,11H,7-10,12-13H2,(H,23,26)(H,24,25)(H2,22,27,28). The Morgan fingerprint density at radius 3 is 1.31 bits per heavy atom. The van der Waals surface area contributed by atoms with Crippen LogP contribution in [0.4, 0.5) is 32.0 Å². The van der Waals surface area contributed by atoms with Crippen molar-refractivity contribution in [3.05, 3.63) is 200 Å². The normalized spacial score (nSPS) is 20.9. The largest absolute Gasteiger partial charge is 0.416 e. The molecule has 3 aliphatic heterocycles. The lowest BCUT2D eigenvalue weighted by molar-refractivity contribution is -0.143. The average molecular weight is 1240 g/mol. The monoisotopic (exact) mass is 1240 g/mol. The van der Waals surface area contributed by atoms with Gasteiger partial charge in [0.25, 0.3) is 17.7 Å². The van der Waals surface area contributed by atoms with Crippen molar-refractivity contribution in [3.63, 3.8) is 0 Å². The Bertz CT molecular complexity index is 4060. The summed E-state index contributed by atoms with van der Waals surface area (Å²) >= 11 is 0. The van der Waals surface area contributed by atoms with Crippen LogP contribution in [0.3, 0.4) is 0 Å². The second kappa shape index (κ2) is 24.3. The van der Waals surface area contributed by atoms with Crippen LogP contribution in [0.2, 0.25) is 0 Å². The van der Waals surface area contributed by atoms with Crippen molar-refractivity contribution in [2.45, 2.75) is 107 Å². The van der Waals surface area contributed by atoms with Crippen LogP contribution in [0.1, 0.15) is 125 Å². The maximum atomic E-state index is 13.0. The van der Waals surface area contributed by atoms with E-state index in [1.54, 1.807) is 36.4 Å². The number of aromatic amines is 1. The summed E-state index contributed by atoms with van der Waals surface area (Å²) in [5, 5.41) is 23.2. The molecule has 3 fully saturated rings. The summed E-state index contributed by atoms with van der Waals surface area (Å²) in [6, 6.07) is 31.6. The van der Waals surface area contributed by atoms with Crippen molar-refractivity contribution in [2.75, 3.05) is 25.0 Å². The first-order valence-electron chi connectivity index (χ1n) is 29.3. The molecule has 6 aromatic carbocycles. The number of aromatic nitrogens is 1. The van der Waals surface area contributed by atoms with Gasteiger partial charge in [-0.25, -0.2) is 13.6 Å². The van der Waals surface area contributed by atoms with Crippen molar-refractivity contribution < 1.29 is 63.5 Å². The van der Waals surface area contributed by atoms with E-state index in [0.29, 0.717) is 49.1 Å². The average Bonchev–Trinajstić information content (AvgIpc) is 1.95. The lowest BCUT2D eigenvalue weighted by atomic mass is 9.70. The maximum Gasteiger partial charge on any atom is 0.416 e. The van der Waals surface area contributed by atoms with E-state index in [9.17, 15) is 63.5 Å². The number of carbonyl (C=O) groups excluding carboxylic acids is 6. The Morgan fingerprint density at radius 1 is 0.483 bits per heavy atom. The first kappa shape index (κ1) is 61.8. The molecule has 23 heteroatoms. The van der Waals surface area contributed by atoms with E-state index in [1.165, 1.54) is 23.3 Å². The minimum Gasteiger partial charge on any atom is -0.361 e. The summed E-state index contributed by atoms with van der Waals surface area (Å²) in [6.45, 7) is 1.95. The number of nitrogens with one attached hydrogen (secondary N) is 7. The van der Waals surface area contributed by atoms with Gasteiger partial charge in [0.1, 0.15) is 0 Å². The van der Waals surface area contributed by atoms with E-state index in [2.05, 4.69) is 36.9 Å². The molecule has 13 rings (SSSR count). The van der Waals surface area contributed by atoms with E-state index in [4.69, 9.17) is 5.14 Å². The molecule has 7 aromatic rings. The van der Waals surface area contributed by atoms with Gasteiger partial charge < -0.3 is 36.9 Å². The summed E-state index contributed by atoms with van der Waals surface area (Å²) in [4.78, 5) is 77.6. The van der Waals surface area contributed by atoms with E-state index >= 15 is 0 Å². The summed E-state index contributed by atoms with van der Waals surface area (Å²) in [5.41, 5.74) is 6.53. The molecule has 9 N–H and O–H groups in total. The van der Waals surface area contributed by atoms with Crippen molar-refractivity contribution >= 4 is 62.1 Å². The zero-order valence-corrected chi connectivity index (χ0v) is 49.0. The van der Waals surface area contributed by atoms with Gasteiger partial charge in [0.15, 0.2) is 0 Å². The highest BCUT2D eigenvalue weighted by Gasteiger charge is 2.47. The van der Waals surface area contributed by atoms with E-state index in [1.807, 2.05) is 60.8 Å². The fourth-order valence-electron chi connectivity index (χ4n) is 13.2. The van der Waals surface area contributed by atoms with E-state index in [-0.39, 0.29) is 69.0 Å². The van der Waals surface area contributed by atoms with E-state index < -0.39 is 51.4 Å². The molecule has 0 bridgehead atoms. The van der Waals surface area contributed by atoms with Gasteiger partial charge in [0, 0.05) is 72.2 Å². The third-order valence-corrected chi connectivity index (χ3v) is 19.3. The topological polar surface area (TPSA) is 251 Å². The molecule has 3 spiro atoms. The van der Waals surface area contributed by atoms with Gasteiger partial charge in [-0.15, -0.1) is 0 Å². The Hall–Kier alpha value is -8.83. The number of nitrogens with two attached hydrogens (primary N) is 1. The molecule has 464 valence electrons. The Balaban J connectivity index is 0.000000138. The second-order valence-electron chi connectivity index (χ2n) is 24.0. The number of anilines is 1. The third-order valence-electron chi connectivity index (χ3n) is 18.3. The Kier molecular flexibility index (Phi) is 16.9. The summed E-state index contributed by atoms with van der Waals surface area (Å²) in [5.74, 6) is -0.528. The number of halogens is 6. The minimum atomic E-state index is -4.95. The van der Waals surface area contributed by atoms with Crippen LogP contribution in [0.15, 0.2) is 132 Å². The van der Waals surface area contributed by atoms with Crippen LogP contribution in [-0.4, -0.2) is 68.5 Å². The van der Waals surface area contributed by atoms with Crippen molar-refractivity contribution in [3.8, 4) is 0 Å². The van der Waals surface area contributed by atoms with Gasteiger partial charge in [-0.2, -0.15) is 26.3 Å². The number of hydrogen-bond acceptors (Lipinski definition) is 8. The molecule has 3 atom stereocenters. The van der Waals surface area contributed by atoms with Gasteiger partial charge in [-0.1, -0.05) is 30.3 Å². The van der Waals surface area contributed by atoms with Gasteiger partial charge in [-0.3, -0.25) is 28.8 Å². The number of hydrogen-bond donors (Lipinski definition) is 8. The number of amides is 6. The molecule has 3 aliphatic carbocycles. The van der Waals surface area contributed by atoms with Gasteiger partial charge in [0.2, 0.25) is 27.7 Å². The molecule has 89 heavy (non-hydrogen) atoms. The molecule has 0 saturated carbocycles. The molecule has 1 aromatic heterocycles. The number of aryl methyl sites for hydroxylation is 3. The van der Waals surface area contributed by atoms with Crippen LogP contribution in [0.25, 0.3) is 10.9 Å². The summed E-state index contributed by atoms with van der Waals surface area (Å²) < 4.78 is 101. The molecule has 6 amide bonds. The highest BCUT2D eigenvalue weighted by molar-refractivity contribution is 7.89. The number of fused-ring (bicyclic) bond motifs is 4. The molecular weight excluding hydrogens is 1180 g/mol. The number of primary sulfonamides is 1. The molecule has 0 radical (unpaired) electrons.